The van der Waals surface area contributed by atoms with Gasteiger partial charge in [0.15, 0.2) is 0 Å². The highest BCUT2D eigenvalue weighted by atomic mass is 35.5. The smallest absolute Gasteiger partial charge is 0.0615 e. The number of hydrogen-bond donors (Lipinski definition) is 1. The first-order valence-corrected chi connectivity index (χ1v) is 5.64. The van der Waals surface area contributed by atoms with E-state index in [0.29, 0.717) is 13.2 Å². The van der Waals surface area contributed by atoms with Crippen LogP contribution in [0.4, 0.5) is 0 Å². The van der Waals surface area contributed by atoms with Crippen LogP contribution in [-0.4, -0.2) is 24.4 Å². The van der Waals surface area contributed by atoms with Gasteiger partial charge in [0.2, 0.25) is 0 Å². The van der Waals surface area contributed by atoms with Gasteiger partial charge in [0.25, 0.3) is 0 Å². The number of rotatable bonds is 2. The van der Waals surface area contributed by atoms with Gasteiger partial charge in [-0.05, 0) is 30.5 Å². The number of halogens is 1. The van der Waals surface area contributed by atoms with Gasteiger partial charge in [-0.3, -0.25) is 0 Å². The maximum absolute atomic E-state index is 9.79. The summed E-state index contributed by atoms with van der Waals surface area (Å²) in [6.45, 7) is 1.32. The molecular weight excluding hydrogens is 212 g/mol. The van der Waals surface area contributed by atoms with Crippen LogP contribution in [0.5, 0.6) is 0 Å². The zero-order valence-corrected chi connectivity index (χ0v) is 9.28. The van der Waals surface area contributed by atoms with Crippen LogP contribution in [-0.2, 0) is 11.2 Å². The number of ether oxygens (including phenoxy) is 1. The van der Waals surface area contributed by atoms with Gasteiger partial charge >= 0.3 is 0 Å². The van der Waals surface area contributed by atoms with E-state index in [1.54, 1.807) is 0 Å². The molecule has 1 fully saturated rings. The van der Waals surface area contributed by atoms with E-state index in [1.165, 1.54) is 0 Å². The summed E-state index contributed by atoms with van der Waals surface area (Å²) in [4.78, 5) is 0. The molecule has 0 aliphatic carbocycles. The van der Waals surface area contributed by atoms with E-state index in [2.05, 4.69) is 0 Å². The van der Waals surface area contributed by atoms with Crippen LogP contribution in [0.15, 0.2) is 24.3 Å². The van der Waals surface area contributed by atoms with Crippen molar-refractivity contribution in [3.63, 3.8) is 0 Å². The highest BCUT2D eigenvalue weighted by Crippen LogP contribution is 2.21. The summed E-state index contributed by atoms with van der Waals surface area (Å²) >= 11 is 5.91. The van der Waals surface area contributed by atoms with Crippen LogP contribution >= 0.6 is 11.6 Å². The molecule has 2 nitrogen and oxygen atoms in total. The molecule has 0 amide bonds. The lowest BCUT2D eigenvalue weighted by Crippen LogP contribution is -2.33. The summed E-state index contributed by atoms with van der Waals surface area (Å²) in [7, 11) is 0. The molecule has 0 radical (unpaired) electrons. The van der Waals surface area contributed by atoms with E-state index < -0.39 is 0 Å². The fourth-order valence-corrected chi connectivity index (χ4v) is 2.16. The Morgan fingerprint density at radius 3 is 3.07 bits per heavy atom. The van der Waals surface area contributed by atoms with E-state index in [1.807, 2.05) is 24.3 Å². The number of benzene rings is 1. The van der Waals surface area contributed by atoms with E-state index >= 15 is 0 Å². The van der Waals surface area contributed by atoms with Crippen molar-refractivity contribution in [1.29, 1.82) is 0 Å². The quantitative estimate of drug-likeness (QED) is 0.839. The monoisotopic (exact) mass is 226 g/mol. The van der Waals surface area contributed by atoms with Crippen molar-refractivity contribution >= 4 is 11.6 Å². The summed E-state index contributed by atoms with van der Waals surface area (Å²) in [5, 5.41) is 10.5. The lowest BCUT2D eigenvalue weighted by Gasteiger charge is -2.27. The van der Waals surface area contributed by atoms with Crippen LogP contribution in [0.3, 0.4) is 0 Å². The van der Waals surface area contributed by atoms with Gasteiger partial charge in [0.05, 0.1) is 12.7 Å². The zero-order valence-electron chi connectivity index (χ0n) is 8.53. The molecule has 1 aromatic carbocycles. The van der Waals surface area contributed by atoms with Crippen LogP contribution in [0.1, 0.15) is 12.0 Å². The van der Waals surface area contributed by atoms with Crippen molar-refractivity contribution < 1.29 is 9.84 Å². The Bertz CT molecular complexity index is 327. The Labute approximate surface area is 94.8 Å². The normalized spacial score (nSPS) is 26.5. The summed E-state index contributed by atoms with van der Waals surface area (Å²) in [6, 6.07) is 7.78. The minimum atomic E-state index is -0.238. The largest absolute Gasteiger partial charge is 0.393 e. The zero-order chi connectivity index (χ0) is 10.7. The Morgan fingerprint density at radius 2 is 2.33 bits per heavy atom. The standard InChI is InChI=1S/C12H15ClO2/c13-11-3-1-2-9(7-11)6-10-8-15-5-4-12(10)14/h1-3,7,10,12,14H,4-6,8H2. The van der Waals surface area contributed by atoms with E-state index in [0.717, 1.165) is 23.4 Å². The van der Waals surface area contributed by atoms with Crippen molar-refractivity contribution in [2.24, 2.45) is 5.92 Å². The second-order valence-electron chi connectivity index (χ2n) is 4.03. The molecular formula is C12H15ClO2. The third kappa shape index (κ3) is 2.94. The third-order valence-corrected chi connectivity index (χ3v) is 3.06. The lowest BCUT2D eigenvalue weighted by molar-refractivity contribution is -0.0350. The van der Waals surface area contributed by atoms with Gasteiger partial charge in [-0.2, -0.15) is 0 Å². The summed E-state index contributed by atoms with van der Waals surface area (Å²) in [5.74, 6) is 0.206. The van der Waals surface area contributed by atoms with Gasteiger partial charge in [-0.1, -0.05) is 23.7 Å². The molecule has 15 heavy (non-hydrogen) atoms. The van der Waals surface area contributed by atoms with Crippen LogP contribution in [0, 0.1) is 5.92 Å². The summed E-state index contributed by atoms with van der Waals surface area (Å²) < 4.78 is 5.36. The van der Waals surface area contributed by atoms with Crippen molar-refractivity contribution in [2.45, 2.75) is 18.9 Å². The van der Waals surface area contributed by atoms with Gasteiger partial charge in [-0.15, -0.1) is 0 Å². The van der Waals surface area contributed by atoms with Gasteiger partial charge in [0.1, 0.15) is 0 Å². The maximum atomic E-state index is 9.79. The Balaban J connectivity index is 2.01. The Hall–Kier alpha value is -0.570. The molecule has 2 rings (SSSR count). The molecule has 1 aliphatic heterocycles. The van der Waals surface area contributed by atoms with E-state index in [9.17, 15) is 5.11 Å². The average molecular weight is 227 g/mol. The molecule has 3 heteroatoms. The van der Waals surface area contributed by atoms with E-state index in [-0.39, 0.29) is 12.0 Å². The molecule has 0 spiro atoms. The fourth-order valence-electron chi connectivity index (χ4n) is 1.95. The molecule has 1 aliphatic rings. The highest BCUT2D eigenvalue weighted by molar-refractivity contribution is 6.30. The van der Waals surface area contributed by atoms with Crippen molar-refractivity contribution in [3.8, 4) is 0 Å². The summed E-state index contributed by atoms with van der Waals surface area (Å²) in [6.07, 6.45) is 1.34. The summed E-state index contributed by atoms with van der Waals surface area (Å²) in [5.41, 5.74) is 1.16. The number of aliphatic hydroxyl groups excluding tert-OH is 1. The average Bonchev–Trinajstić information content (AvgIpc) is 2.22. The molecule has 2 unspecified atom stereocenters. The molecule has 1 saturated heterocycles. The first kappa shape index (κ1) is 10.9. The molecule has 1 N–H and O–H groups in total. The molecule has 0 aromatic heterocycles. The Kier molecular flexibility index (Phi) is 3.62. The SMILES string of the molecule is OC1CCOCC1Cc1cccc(Cl)c1. The second-order valence-corrected chi connectivity index (χ2v) is 4.46. The minimum absolute atomic E-state index is 0.206. The second kappa shape index (κ2) is 4.97. The van der Waals surface area contributed by atoms with Crippen molar-refractivity contribution in [2.75, 3.05) is 13.2 Å². The van der Waals surface area contributed by atoms with Gasteiger partial charge < -0.3 is 9.84 Å². The molecule has 82 valence electrons. The predicted octanol–water partition coefficient (Wildman–Crippen LogP) is 2.28. The first-order chi connectivity index (χ1) is 7.25. The minimum Gasteiger partial charge on any atom is -0.393 e. The predicted molar refractivity (Wildman–Crippen MR) is 60.1 cm³/mol. The third-order valence-electron chi connectivity index (χ3n) is 2.82. The van der Waals surface area contributed by atoms with Crippen LogP contribution < -0.4 is 0 Å². The molecule has 0 saturated carbocycles. The van der Waals surface area contributed by atoms with Crippen LogP contribution in [0.2, 0.25) is 5.02 Å². The maximum Gasteiger partial charge on any atom is 0.0615 e. The molecule has 1 heterocycles. The first-order valence-electron chi connectivity index (χ1n) is 5.26. The molecule has 0 bridgehead atoms. The van der Waals surface area contributed by atoms with Crippen LogP contribution in [0.25, 0.3) is 0 Å². The highest BCUT2D eigenvalue weighted by Gasteiger charge is 2.23. The molecule has 2 atom stereocenters. The fraction of sp³-hybridized carbons (Fsp3) is 0.500. The van der Waals surface area contributed by atoms with E-state index in [4.69, 9.17) is 16.3 Å². The Morgan fingerprint density at radius 1 is 1.47 bits per heavy atom. The van der Waals surface area contributed by atoms with Gasteiger partial charge in [-0.25, -0.2) is 0 Å². The van der Waals surface area contributed by atoms with Gasteiger partial charge in [0, 0.05) is 17.5 Å². The number of hydrogen-bond acceptors (Lipinski definition) is 2. The van der Waals surface area contributed by atoms with Crippen molar-refractivity contribution in [1.82, 2.24) is 0 Å². The van der Waals surface area contributed by atoms with Crippen molar-refractivity contribution in [3.05, 3.63) is 34.9 Å². The topological polar surface area (TPSA) is 29.5 Å². The molecule has 1 aromatic rings. The lowest BCUT2D eigenvalue weighted by atomic mass is 9.92. The number of aliphatic hydroxyl groups is 1.